The fourth-order valence-corrected chi connectivity index (χ4v) is 2.33. The van der Waals surface area contributed by atoms with Crippen molar-refractivity contribution in [1.29, 1.82) is 0 Å². The lowest BCUT2D eigenvalue weighted by molar-refractivity contribution is -0.485. The molecule has 0 aliphatic rings. The second-order valence-electron chi connectivity index (χ2n) is 5.40. The Kier molecular flexibility index (Phi) is 6.25. The van der Waals surface area contributed by atoms with Crippen LogP contribution in [-0.2, 0) is 0 Å². The van der Waals surface area contributed by atoms with Crippen LogP contribution in [0.1, 0.15) is 22.3 Å². The number of hydrogen-bond acceptors (Lipinski definition) is 4. The first kappa shape index (κ1) is 17.4. The lowest BCUT2D eigenvalue weighted by atomic mass is 9.97. The van der Waals surface area contributed by atoms with E-state index in [4.69, 9.17) is 4.74 Å². The zero-order chi connectivity index (χ0) is 17.4. The van der Waals surface area contributed by atoms with Gasteiger partial charge in [0, 0.05) is 22.8 Å². The highest BCUT2D eigenvalue weighted by molar-refractivity contribution is 5.96. The van der Waals surface area contributed by atoms with Gasteiger partial charge in [-0.1, -0.05) is 54.6 Å². The van der Waals surface area contributed by atoms with Crippen molar-refractivity contribution in [2.75, 3.05) is 13.7 Å². The molecule has 0 unspecified atom stereocenters. The number of benzene rings is 2. The molecule has 0 N–H and O–H groups in total. The highest BCUT2D eigenvalue weighted by Gasteiger charge is 2.17. The van der Waals surface area contributed by atoms with Crippen LogP contribution in [0, 0.1) is 16.0 Å². The van der Waals surface area contributed by atoms with Crippen LogP contribution in [0.4, 0.5) is 0 Å². The molecule has 0 saturated heterocycles. The van der Waals surface area contributed by atoms with E-state index in [9.17, 15) is 14.9 Å². The summed E-state index contributed by atoms with van der Waals surface area (Å²) in [5.74, 6) is 0.199. The predicted molar refractivity (Wildman–Crippen MR) is 92.8 cm³/mol. The summed E-state index contributed by atoms with van der Waals surface area (Å²) in [7, 11) is 1.59. The standard InChI is InChI=1S/C19H19NO4/c1-24-18-11-9-15(10-12-18)7-8-16(14-20(22)23)13-19(21)17-5-3-2-4-6-17/h2-12,16H,13-14H2,1H3/b8-7+/t16-/m0/s1. The Morgan fingerprint density at radius 2 is 1.83 bits per heavy atom. The van der Waals surface area contributed by atoms with Crippen molar-refractivity contribution in [3.8, 4) is 5.75 Å². The number of methoxy groups -OCH3 is 1. The Morgan fingerprint density at radius 3 is 2.42 bits per heavy atom. The highest BCUT2D eigenvalue weighted by Crippen LogP contribution is 2.16. The van der Waals surface area contributed by atoms with Gasteiger partial charge in [0.25, 0.3) is 0 Å². The van der Waals surface area contributed by atoms with E-state index in [-0.39, 0.29) is 23.7 Å². The molecule has 0 spiro atoms. The van der Waals surface area contributed by atoms with Crippen molar-refractivity contribution < 1.29 is 14.5 Å². The normalized spacial score (nSPS) is 12.0. The van der Waals surface area contributed by atoms with Crippen LogP contribution in [-0.4, -0.2) is 24.4 Å². The molecule has 0 bridgehead atoms. The molecule has 0 radical (unpaired) electrons. The van der Waals surface area contributed by atoms with Crippen molar-refractivity contribution in [3.63, 3.8) is 0 Å². The minimum atomic E-state index is -0.449. The van der Waals surface area contributed by atoms with Crippen LogP contribution in [0.15, 0.2) is 60.7 Å². The molecular formula is C19H19NO4. The van der Waals surface area contributed by atoms with E-state index in [0.717, 1.165) is 11.3 Å². The third-order valence-electron chi connectivity index (χ3n) is 3.60. The van der Waals surface area contributed by atoms with Crippen molar-refractivity contribution in [2.45, 2.75) is 6.42 Å². The summed E-state index contributed by atoms with van der Waals surface area (Å²) in [6, 6.07) is 16.2. The molecule has 0 aliphatic heterocycles. The van der Waals surface area contributed by atoms with Crippen LogP contribution in [0.5, 0.6) is 5.75 Å². The molecule has 0 fully saturated rings. The van der Waals surface area contributed by atoms with Crippen LogP contribution >= 0.6 is 0 Å². The largest absolute Gasteiger partial charge is 0.497 e. The van der Waals surface area contributed by atoms with E-state index >= 15 is 0 Å². The molecule has 2 aromatic rings. The Bertz CT molecular complexity index is 708. The summed E-state index contributed by atoms with van der Waals surface area (Å²) < 4.78 is 5.09. The zero-order valence-corrected chi connectivity index (χ0v) is 13.4. The van der Waals surface area contributed by atoms with Crippen LogP contribution in [0.25, 0.3) is 6.08 Å². The summed E-state index contributed by atoms with van der Waals surface area (Å²) in [6.07, 6.45) is 3.63. The number of ketones is 1. The van der Waals surface area contributed by atoms with Gasteiger partial charge in [0.1, 0.15) is 5.75 Å². The molecule has 2 aromatic carbocycles. The summed E-state index contributed by atoms with van der Waals surface area (Å²) in [5.41, 5.74) is 1.47. The second kappa shape index (κ2) is 8.62. The lowest BCUT2D eigenvalue weighted by Crippen LogP contribution is -2.16. The van der Waals surface area contributed by atoms with Gasteiger partial charge in [0.2, 0.25) is 6.54 Å². The fraction of sp³-hybridized carbons (Fsp3) is 0.211. The summed E-state index contributed by atoms with van der Waals surface area (Å²) in [6.45, 7) is -0.273. The lowest BCUT2D eigenvalue weighted by Gasteiger charge is -2.08. The number of nitrogens with zero attached hydrogens (tertiary/aromatic N) is 1. The minimum Gasteiger partial charge on any atom is -0.497 e. The third-order valence-corrected chi connectivity index (χ3v) is 3.60. The molecule has 0 amide bonds. The molecule has 1 atom stereocenters. The van der Waals surface area contributed by atoms with Crippen molar-refractivity contribution in [1.82, 2.24) is 0 Å². The average Bonchev–Trinajstić information content (AvgIpc) is 2.60. The number of rotatable bonds is 8. The van der Waals surface area contributed by atoms with Gasteiger partial charge in [0.15, 0.2) is 5.78 Å². The Morgan fingerprint density at radius 1 is 1.17 bits per heavy atom. The first-order valence-electron chi connectivity index (χ1n) is 7.61. The average molecular weight is 325 g/mol. The maximum atomic E-state index is 12.3. The Hall–Kier alpha value is -2.95. The number of nitro groups is 1. The van der Waals surface area contributed by atoms with Gasteiger partial charge in [-0.05, 0) is 17.7 Å². The molecule has 124 valence electrons. The van der Waals surface area contributed by atoms with Gasteiger partial charge >= 0.3 is 0 Å². The van der Waals surface area contributed by atoms with Crippen molar-refractivity contribution in [3.05, 3.63) is 81.9 Å². The van der Waals surface area contributed by atoms with Crippen molar-refractivity contribution in [2.24, 2.45) is 5.92 Å². The van der Waals surface area contributed by atoms with Gasteiger partial charge in [-0.2, -0.15) is 0 Å². The molecule has 24 heavy (non-hydrogen) atoms. The van der Waals surface area contributed by atoms with E-state index in [1.807, 2.05) is 30.3 Å². The quantitative estimate of drug-likeness (QED) is 0.419. The molecule has 0 aromatic heterocycles. The SMILES string of the molecule is COc1ccc(/C=C/[C@@H](CC(=O)c2ccccc2)C[N+](=O)[O-])cc1. The maximum Gasteiger partial charge on any atom is 0.210 e. The van der Waals surface area contributed by atoms with Gasteiger partial charge < -0.3 is 4.74 Å². The zero-order valence-electron chi connectivity index (χ0n) is 13.4. The topological polar surface area (TPSA) is 69.4 Å². The molecule has 0 saturated carbocycles. The van der Waals surface area contributed by atoms with Gasteiger partial charge in [0.05, 0.1) is 7.11 Å². The number of Topliss-reactive ketones (excluding diaryl/α,β-unsaturated/α-hetero) is 1. The van der Waals surface area contributed by atoms with Crippen LogP contribution in [0.3, 0.4) is 0 Å². The summed E-state index contributed by atoms with van der Waals surface area (Å²) in [5, 5.41) is 10.9. The number of hydrogen-bond donors (Lipinski definition) is 0. The molecular weight excluding hydrogens is 306 g/mol. The van der Waals surface area contributed by atoms with E-state index in [1.54, 1.807) is 43.5 Å². The third kappa shape index (κ3) is 5.35. The van der Waals surface area contributed by atoms with E-state index in [1.165, 1.54) is 0 Å². The Labute approximate surface area is 140 Å². The molecule has 5 nitrogen and oxygen atoms in total. The predicted octanol–water partition coefficient (Wildman–Crippen LogP) is 3.87. The summed E-state index contributed by atoms with van der Waals surface area (Å²) in [4.78, 5) is 22.7. The smallest absolute Gasteiger partial charge is 0.210 e. The number of carbonyl (C=O) groups is 1. The highest BCUT2D eigenvalue weighted by atomic mass is 16.6. The van der Waals surface area contributed by atoms with Crippen molar-refractivity contribution >= 4 is 11.9 Å². The Balaban J connectivity index is 2.08. The first-order chi connectivity index (χ1) is 11.6. The van der Waals surface area contributed by atoms with Crippen LogP contribution < -0.4 is 4.74 Å². The maximum absolute atomic E-state index is 12.3. The fourth-order valence-electron chi connectivity index (χ4n) is 2.33. The van der Waals surface area contributed by atoms with Crippen LogP contribution in [0.2, 0.25) is 0 Å². The molecule has 0 heterocycles. The first-order valence-corrected chi connectivity index (χ1v) is 7.61. The van der Waals surface area contributed by atoms with E-state index in [2.05, 4.69) is 0 Å². The molecule has 0 aliphatic carbocycles. The van der Waals surface area contributed by atoms with Gasteiger partial charge in [-0.15, -0.1) is 0 Å². The second-order valence-corrected chi connectivity index (χ2v) is 5.40. The number of carbonyl (C=O) groups excluding carboxylic acids is 1. The van der Waals surface area contributed by atoms with Gasteiger partial charge in [-0.3, -0.25) is 14.9 Å². The van der Waals surface area contributed by atoms with E-state index in [0.29, 0.717) is 5.56 Å². The van der Waals surface area contributed by atoms with E-state index < -0.39 is 5.92 Å². The minimum absolute atomic E-state index is 0.0955. The van der Waals surface area contributed by atoms with Gasteiger partial charge in [-0.25, -0.2) is 0 Å². The molecule has 2 rings (SSSR count). The monoisotopic (exact) mass is 325 g/mol. The summed E-state index contributed by atoms with van der Waals surface area (Å²) >= 11 is 0. The number of ether oxygens (including phenoxy) is 1. The molecule has 5 heteroatoms.